The lowest BCUT2D eigenvalue weighted by Gasteiger charge is -2.18. The van der Waals surface area contributed by atoms with Crippen molar-refractivity contribution in [2.75, 3.05) is 14.2 Å². The van der Waals surface area contributed by atoms with E-state index < -0.39 is 23.5 Å². The topological polar surface area (TPSA) is 35.5 Å². The second-order valence-corrected chi connectivity index (χ2v) is 5.49. The number of fused-ring (bicyclic) bond motifs is 2. The minimum absolute atomic E-state index is 0.458. The number of aryl methyl sites for hydroxylation is 2. The van der Waals surface area contributed by atoms with Crippen molar-refractivity contribution >= 4 is 5.97 Å². The highest BCUT2D eigenvalue weighted by Gasteiger charge is 2.31. The summed E-state index contributed by atoms with van der Waals surface area (Å²) in [5, 5.41) is 0. The predicted octanol–water partition coefficient (Wildman–Crippen LogP) is 3.38. The number of ether oxygens (including phenoxy) is 2. The van der Waals surface area contributed by atoms with Crippen LogP contribution in [-0.2, 0) is 22.4 Å². The fourth-order valence-corrected chi connectivity index (χ4v) is 3.10. The van der Waals surface area contributed by atoms with Gasteiger partial charge in [-0.2, -0.15) is 0 Å². The van der Waals surface area contributed by atoms with Gasteiger partial charge in [-0.1, -0.05) is 6.07 Å². The fourth-order valence-electron chi connectivity index (χ4n) is 3.10. The van der Waals surface area contributed by atoms with Crippen LogP contribution < -0.4 is 4.74 Å². The molecular formula is C18H16F2O3. The molecule has 0 radical (unpaired) electrons. The summed E-state index contributed by atoms with van der Waals surface area (Å²) in [4.78, 5) is 12.3. The Morgan fingerprint density at radius 1 is 1.00 bits per heavy atom. The molecule has 0 N–H and O–H groups in total. The van der Waals surface area contributed by atoms with E-state index in [1.807, 2.05) is 6.07 Å². The highest BCUT2D eigenvalue weighted by molar-refractivity contribution is 5.83. The first-order valence-electron chi connectivity index (χ1n) is 7.27. The molecular weight excluding hydrogens is 302 g/mol. The van der Waals surface area contributed by atoms with Gasteiger partial charge in [0.25, 0.3) is 0 Å². The molecule has 0 saturated heterocycles. The number of hydrogen-bond acceptors (Lipinski definition) is 3. The minimum Gasteiger partial charge on any atom is -0.497 e. The predicted molar refractivity (Wildman–Crippen MR) is 80.6 cm³/mol. The van der Waals surface area contributed by atoms with Crippen LogP contribution in [0.1, 0.15) is 28.2 Å². The number of benzene rings is 2. The van der Waals surface area contributed by atoms with E-state index in [1.165, 1.54) is 13.2 Å². The first-order chi connectivity index (χ1) is 11.0. The Kier molecular flexibility index (Phi) is 4.03. The highest BCUT2D eigenvalue weighted by Crippen LogP contribution is 2.37. The van der Waals surface area contributed by atoms with Crippen LogP contribution in [0.15, 0.2) is 30.3 Å². The SMILES string of the molecule is COC(=O)C1c2ccc(OC)cc2CCc2cc(F)c(F)cc21. The van der Waals surface area contributed by atoms with Gasteiger partial charge in [0.15, 0.2) is 11.6 Å². The van der Waals surface area contributed by atoms with Crippen LogP contribution in [0.25, 0.3) is 0 Å². The van der Waals surface area contributed by atoms with Crippen LogP contribution >= 0.6 is 0 Å². The average Bonchev–Trinajstić information content (AvgIpc) is 2.71. The molecule has 1 aliphatic rings. The van der Waals surface area contributed by atoms with Crippen LogP contribution in [0.3, 0.4) is 0 Å². The minimum atomic E-state index is -0.963. The zero-order valence-corrected chi connectivity index (χ0v) is 12.9. The van der Waals surface area contributed by atoms with E-state index in [0.717, 1.165) is 17.2 Å². The summed E-state index contributed by atoms with van der Waals surface area (Å²) in [7, 11) is 2.85. The van der Waals surface area contributed by atoms with Crippen LogP contribution in [0.4, 0.5) is 8.78 Å². The summed E-state index contributed by atoms with van der Waals surface area (Å²) < 4.78 is 37.4. The third-order valence-corrected chi connectivity index (χ3v) is 4.25. The number of carbonyl (C=O) groups is 1. The Bertz CT molecular complexity index is 771. The summed E-state index contributed by atoms with van der Waals surface area (Å²) in [6, 6.07) is 7.66. The molecule has 0 aliphatic heterocycles. The van der Waals surface area contributed by atoms with Gasteiger partial charge in [-0.05, 0) is 59.4 Å². The van der Waals surface area contributed by atoms with Gasteiger partial charge in [-0.3, -0.25) is 4.79 Å². The van der Waals surface area contributed by atoms with Crippen molar-refractivity contribution in [2.45, 2.75) is 18.8 Å². The van der Waals surface area contributed by atoms with Crippen molar-refractivity contribution < 1.29 is 23.0 Å². The molecule has 1 atom stereocenters. The maximum absolute atomic E-state index is 13.7. The summed E-state index contributed by atoms with van der Waals surface area (Å²) in [5.41, 5.74) is 2.73. The van der Waals surface area contributed by atoms with Gasteiger partial charge in [0.1, 0.15) is 11.7 Å². The molecule has 0 aromatic heterocycles. The largest absolute Gasteiger partial charge is 0.497 e. The van der Waals surface area contributed by atoms with Crippen LogP contribution in [0.2, 0.25) is 0 Å². The second-order valence-electron chi connectivity index (χ2n) is 5.49. The molecule has 0 saturated carbocycles. The van der Waals surface area contributed by atoms with E-state index in [4.69, 9.17) is 9.47 Å². The van der Waals surface area contributed by atoms with Crippen LogP contribution in [0, 0.1) is 11.6 Å². The van der Waals surface area contributed by atoms with Crippen molar-refractivity contribution in [3.8, 4) is 5.75 Å². The molecule has 5 heteroatoms. The van der Waals surface area contributed by atoms with Crippen molar-refractivity contribution in [3.05, 3.63) is 64.2 Å². The van der Waals surface area contributed by atoms with E-state index in [9.17, 15) is 13.6 Å². The molecule has 0 amide bonds. The maximum Gasteiger partial charge on any atom is 0.317 e. The first kappa shape index (κ1) is 15.5. The van der Waals surface area contributed by atoms with Gasteiger partial charge in [0.2, 0.25) is 0 Å². The molecule has 120 valence electrons. The summed E-state index contributed by atoms with van der Waals surface area (Å²) in [5.74, 6) is -2.46. The van der Waals surface area contributed by atoms with Gasteiger partial charge in [0.05, 0.1) is 14.2 Å². The van der Waals surface area contributed by atoms with Gasteiger partial charge in [-0.25, -0.2) is 8.78 Å². The molecule has 0 heterocycles. The van der Waals surface area contributed by atoms with Gasteiger partial charge in [0, 0.05) is 0 Å². The average molecular weight is 318 g/mol. The molecule has 1 aliphatic carbocycles. The molecule has 1 unspecified atom stereocenters. The Hall–Kier alpha value is -2.43. The highest BCUT2D eigenvalue weighted by atomic mass is 19.2. The second kappa shape index (κ2) is 5.99. The molecule has 2 aromatic carbocycles. The first-order valence-corrected chi connectivity index (χ1v) is 7.27. The molecule has 0 fully saturated rings. The molecule has 3 rings (SSSR count). The number of rotatable bonds is 2. The Morgan fingerprint density at radius 3 is 2.30 bits per heavy atom. The lowest BCUT2D eigenvalue weighted by atomic mass is 9.88. The lowest BCUT2D eigenvalue weighted by Crippen LogP contribution is -2.17. The molecule has 3 nitrogen and oxygen atoms in total. The summed E-state index contributed by atoms with van der Waals surface area (Å²) >= 11 is 0. The molecule has 2 aromatic rings. The summed E-state index contributed by atoms with van der Waals surface area (Å²) in [6.45, 7) is 0. The zero-order chi connectivity index (χ0) is 16.6. The quantitative estimate of drug-likeness (QED) is 0.796. The Morgan fingerprint density at radius 2 is 1.65 bits per heavy atom. The summed E-state index contributed by atoms with van der Waals surface area (Å²) in [6.07, 6.45) is 1.12. The third kappa shape index (κ3) is 2.67. The van der Waals surface area contributed by atoms with E-state index in [2.05, 4.69) is 0 Å². The Balaban J connectivity index is 2.22. The maximum atomic E-state index is 13.7. The zero-order valence-electron chi connectivity index (χ0n) is 12.9. The third-order valence-electron chi connectivity index (χ3n) is 4.25. The van der Waals surface area contributed by atoms with Crippen LogP contribution in [-0.4, -0.2) is 20.2 Å². The van der Waals surface area contributed by atoms with Crippen LogP contribution in [0.5, 0.6) is 5.75 Å². The number of hydrogen-bond donors (Lipinski definition) is 0. The van der Waals surface area contributed by atoms with E-state index in [0.29, 0.717) is 29.7 Å². The number of esters is 1. The normalized spacial score (nSPS) is 16.1. The Labute approximate surface area is 132 Å². The fraction of sp³-hybridized carbons (Fsp3) is 0.278. The number of methoxy groups -OCH3 is 2. The van der Waals surface area contributed by atoms with E-state index >= 15 is 0 Å². The number of carbonyl (C=O) groups excluding carboxylic acids is 1. The van der Waals surface area contributed by atoms with Gasteiger partial charge < -0.3 is 9.47 Å². The smallest absolute Gasteiger partial charge is 0.317 e. The van der Waals surface area contributed by atoms with Gasteiger partial charge in [-0.15, -0.1) is 0 Å². The van der Waals surface area contributed by atoms with E-state index in [-0.39, 0.29) is 0 Å². The lowest BCUT2D eigenvalue weighted by molar-refractivity contribution is -0.141. The van der Waals surface area contributed by atoms with E-state index in [1.54, 1.807) is 19.2 Å². The van der Waals surface area contributed by atoms with Crippen molar-refractivity contribution in [2.24, 2.45) is 0 Å². The van der Waals surface area contributed by atoms with Crippen molar-refractivity contribution in [1.82, 2.24) is 0 Å². The number of halogens is 2. The standard InChI is InChI=1S/C18H16F2O3/c1-22-12-5-6-13-10(7-12)3-4-11-8-15(19)16(20)9-14(11)17(13)18(21)23-2/h5-9,17H,3-4H2,1-2H3. The molecule has 0 bridgehead atoms. The molecule has 0 spiro atoms. The van der Waals surface area contributed by atoms with Crippen molar-refractivity contribution in [3.63, 3.8) is 0 Å². The molecule has 23 heavy (non-hydrogen) atoms. The van der Waals surface area contributed by atoms with Gasteiger partial charge >= 0.3 is 5.97 Å². The monoisotopic (exact) mass is 318 g/mol. The van der Waals surface area contributed by atoms with Crippen molar-refractivity contribution in [1.29, 1.82) is 0 Å².